The Hall–Kier alpha value is -0.120. The van der Waals surface area contributed by atoms with Gasteiger partial charge in [-0.1, -0.05) is 26.7 Å². The fourth-order valence-electron chi connectivity index (χ4n) is 5.04. The first-order valence-corrected chi connectivity index (χ1v) is 9.17. The highest BCUT2D eigenvalue weighted by Gasteiger charge is 2.43. The average Bonchev–Trinajstić information content (AvgIpc) is 3.12. The van der Waals surface area contributed by atoms with Crippen LogP contribution in [0.2, 0.25) is 0 Å². The van der Waals surface area contributed by atoms with Gasteiger partial charge in [-0.15, -0.1) is 0 Å². The first-order chi connectivity index (χ1) is 10.2. The summed E-state index contributed by atoms with van der Waals surface area (Å²) in [6, 6.07) is 1.44. The molecule has 1 N–H and O–H groups in total. The Balaban J connectivity index is 1.61. The fraction of sp³-hybridized carbons (Fsp3) is 1.00. The molecular weight excluding hydrogens is 262 g/mol. The van der Waals surface area contributed by atoms with Gasteiger partial charge < -0.3 is 9.84 Å². The van der Waals surface area contributed by atoms with Crippen LogP contribution in [-0.4, -0.2) is 48.0 Å². The quantitative estimate of drug-likeness (QED) is 0.846. The van der Waals surface area contributed by atoms with E-state index in [0.29, 0.717) is 24.7 Å². The van der Waals surface area contributed by atoms with Crippen molar-refractivity contribution in [1.29, 1.82) is 0 Å². The van der Waals surface area contributed by atoms with Crippen LogP contribution in [0, 0.1) is 17.8 Å². The maximum atomic E-state index is 9.46. The van der Waals surface area contributed by atoms with Crippen molar-refractivity contribution < 1.29 is 9.84 Å². The highest BCUT2D eigenvalue weighted by molar-refractivity contribution is 4.95. The predicted octanol–water partition coefficient (Wildman–Crippen LogP) is 3.06. The molecule has 21 heavy (non-hydrogen) atoms. The van der Waals surface area contributed by atoms with Crippen molar-refractivity contribution in [2.75, 3.05) is 19.8 Å². The SMILES string of the molecule is CC(C)[C@@H]1C[C@@H]2C[C@H](N(CCO)C3CCCC3)C[C@@H]2CO1. The molecule has 122 valence electrons. The summed E-state index contributed by atoms with van der Waals surface area (Å²) in [4.78, 5) is 2.66. The van der Waals surface area contributed by atoms with E-state index in [0.717, 1.165) is 31.0 Å². The van der Waals surface area contributed by atoms with E-state index in [1.165, 1.54) is 44.9 Å². The van der Waals surface area contributed by atoms with Gasteiger partial charge in [0.05, 0.1) is 19.3 Å². The Morgan fingerprint density at radius 2 is 1.76 bits per heavy atom. The van der Waals surface area contributed by atoms with Crippen LogP contribution in [0.25, 0.3) is 0 Å². The van der Waals surface area contributed by atoms with Gasteiger partial charge in [0.2, 0.25) is 0 Å². The van der Waals surface area contributed by atoms with Gasteiger partial charge in [-0.2, -0.15) is 0 Å². The molecule has 0 amide bonds. The predicted molar refractivity (Wildman–Crippen MR) is 85.2 cm³/mol. The summed E-state index contributed by atoms with van der Waals surface area (Å²) in [5.74, 6) is 2.28. The molecule has 1 heterocycles. The van der Waals surface area contributed by atoms with Crippen LogP contribution in [-0.2, 0) is 4.74 Å². The van der Waals surface area contributed by atoms with Crippen molar-refractivity contribution in [3.05, 3.63) is 0 Å². The van der Waals surface area contributed by atoms with Crippen molar-refractivity contribution in [2.45, 2.75) is 77.0 Å². The van der Waals surface area contributed by atoms with Crippen LogP contribution in [0.4, 0.5) is 0 Å². The molecule has 3 heteroatoms. The van der Waals surface area contributed by atoms with Crippen molar-refractivity contribution in [2.24, 2.45) is 17.8 Å². The normalized spacial score (nSPS) is 37.6. The summed E-state index contributed by atoms with van der Waals surface area (Å²) in [5.41, 5.74) is 0. The number of hydrogen-bond donors (Lipinski definition) is 1. The first kappa shape index (κ1) is 15.8. The van der Waals surface area contributed by atoms with Gasteiger partial charge in [-0.05, 0) is 49.9 Å². The van der Waals surface area contributed by atoms with Gasteiger partial charge in [0.25, 0.3) is 0 Å². The standard InChI is InChI=1S/C18H33NO2/c1-13(2)18-11-14-9-17(10-15(14)12-21-18)19(7-8-20)16-5-3-4-6-16/h13-18,20H,3-12H2,1-2H3/t14-,15+,17-,18-/m0/s1. The minimum atomic E-state index is 0.313. The first-order valence-electron chi connectivity index (χ1n) is 9.17. The highest BCUT2D eigenvalue weighted by Crippen LogP contribution is 2.43. The Morgan fingerprint density at radius 3 is 2.43 bits per heavy atom. The monoisotopic (exact) mass is 295 g/mol. The Labute approximate surface area is 130 Å². The van der Waals surface area contributed by atoms with Crippen molar-refractivity contribution in [3.63, 3.8) is 0 Å². The topological polar surface area (TPSA) is 32.7 Å². The van der Waals surface area contributed by atoms with E-state index >= 15 is 0 Å². The second kappa shape index (κ2) is 6.97. The molecule has 1 saturated heterocycles. The largest absolute Gasteiger partial charge is 0.395 e. The van der Waals surface area contributed by atoms with Crippen molar-refractivity contribution in [3.8, 4) is 0 Å². The molecule has 0 aromatic rings. The van der Waals surface area contributed by atoms with Gasteiger partial charge in [-0.25, -0.2) is 0 Å². The zero-order chi connectivity index (χ0) is 14.8. The number of fused-ring (bicyclic) bond motifs is 1. The van der Waals surface area contributed by atoms with Crippen LogP contribution >= 0.6 is 0 Å². The fourth-order valence-corrected chi connectivity index (χ4v) is 5.04. The molecule has 0 aromatic carbocycles. The molecule has 3 fully saturated rings. The highest BCUT2D eigenvalue weighted by atomic mass is 16.5. The third kappa shape index (κ3) is 3.46. The minimum absolute atomic E-state index is 0.313. The molecule has 0 unspecified atom stereocenters. The smallest absolute Gasteiger partial charge is 0.0600 e. The summed E-state index contributed by atoms with van der Waals surface area (Å²) in [6.45, 7) is 6.74. The Kier molecular flexibility index (Phi) is 5.23. The molecule has 0 spiro atoms. The molecule has 3 nitrogen and oxygen atoms in total. The lowest BCUT2D eigenvalue weighted by molar-refractivity contribution is -0.0585. The van der Waals surface area contributed by atoms with E-state index in [2.05, 4.69) is 18.7 Å². The summed E-state index contributed by atoms with van der Waals surface area (Å²) in [6.07, 6.45) is 9.82. The van der Waals surface area contributed by atoms with E-state index in [4.69, 9.17) is 4.74 Å². The summed E-state index contributed by atoms with van der Waals surface area (Å²) in [7, 11) is 0. The average molecular weight is 295 g/mol. The number of rotatable bonds is 5. The number of aliphatic hydroxyl groups is 1. The molecule has 0 aromatic heterocycles. The van der Waals surface area contributed by atoms with Crippen LogP contribution in [0.1, 0.15) is 58.8 Å². The third-order valence-electron chi connectivity index (χ3n) is 6.24. The molecule has 2 aliphatic carbocycles. The molecule has 3 aliphatic rings. The lowest BCUT2D eigenvalue weighted by Crippen LogP contribution is -2.42. The van der Waals surface area contributed by atoms with E-state index in [9.17, 15) is 5.11 Å². The number of aliphatic hydroxyl groups excluding tert-OH is 1. The zero-order valence-electron chi connectivity index (χ0n) is 13.8. The number of hydrogen-bond acceptors (Lipinski definition) is 3. The molecular formula is C18H33NO2. The van der Waals surface area contributed by atoms with Crippen molar-refractivity contribution in [1.82, 2.24) is 4.90 Å². The Morgan fingerprint density at radius 1 is 1.05 bits per heavy atom. The van der Waals surface area contributed by atoms with Gasteiger partial charge in [0.1, 0.15) is 0 Å². The molecule has 1 aliphatic heterocycles. The molecule has 4 atom stereocenters. The van der Waals surface area contributed by atoms with Crippen LogP contribution in [0.5, 0.6) is 0 Å². The lowest BCUT2D eigenvalue weighted by atomic mass is 9.85. The number of ether oxygens (including phenoxy) is 1. The second-order valence-electron chi connectivity index (χ2n) is 7.90. The number of nitrogens with zero attached hydrogens (tertiary/aromatic N) is 1. The maximum absolute atomic E-state index is 9.46. The van der Waals surface area contributed by atoms with Gasteiger partial charge in [0.15, 0.2) is 0 Å². The van der Waals surface area contributed by atoms with Gasteiger partial charge in [0, 0.05) is 18.6 Å². The lowest BCUT2D eigenvalue weighted by Gasteiger charge is -2.34. The molecule has 0 bridgehead atoms. The summed E-state index contributed by atoms with van der Waals surface area (Å²) in [5, 5.41) is 9.46. The van der Waals surface area contributed by atoms with Crippen LogP contribution in [0.3, 0.4) is 0 Å². The van der Waals surface area contributed by atoms with Gasteiger partial charge >= 0.3 is 0 Å². The summed E-state index contributed by atoms with van der Waals surface area (Å²) < 4.78 is 6.10. The van der Waals surface area contributed by atoms with E-state index in [1.807, 2.05) is 0 Å². The van der Waals surface area contributed by atoms with E-state index in [-0.39, 0.29) is 0 Å². The molecule has 2 saturated carbocycles. The van der Waals surface area contributed by atoms with Crippen LogP contribution < -0.4 is 0 Å². The third-order valence-corrected chi connectivity index (χ3v) is 6.24. The minimum Gasteiger partial charge on any atom is -0.395 e. The van der Waals surface area contributed by atoms with E-state index < -0.39 is 0 Å². The van der Waals surface area contributed by atoms with Crippen LogP contribution in [0.15, 0.2) is 0 Å². The Bertz CT molecular complexity index is 327. The van der Waals surface area contributed by atoms with E-state index in [1.54, 1.807) is 0 Å². The van der Waals surface area contributed by atoms with Crippen molar-refractivity contribution >= 4 is 0 Å². The summed E-state index contributed by atoms with van der Waals surface area (Å²) >= 11 is 0. The molecule has 0 radical (unpaired) electrons. The zero-order valence-corrected chi connectivity index (χ0v) is 13.8. The second-order valence-corrected chi connectivity index (χ2v) is 7.90. The maximum Gasteiger partial charge on any atom is 0.0600 e. The van der Waals surface area contributed by atoms with Gasteiger partial charge in [-0.3, -0.25) is 4.90 Å². The molecule has 3 rings (SSSR count).